The summed E-state index contributed by atoms with van der Waals surface area (Å²) in [6, 6.07) is 8.87. The average Bonchev–Trinajstić information content (AvgIpc) is 3.08. The summed E-state index contributed by atoms with van der Waals surface area (Å²) in [5.41, 5.74) is 0.570. The Hall–Kier alpha value is -2.06. The Kier molecular flexibility index (Phi) is 3.57. The molecule has 1 amide bonds. The molecule has 0 aromatic heterocycles. The van der Waals surface area contributed by atoms with Crippen molar-refractivity contribution < 1.29 is 14.3 Å². The normalized spacial score (nSPS) is 27.1. The van der Waals surface area contributed by atoms with Crippen LogP contribution in [0.3, 0.4) is 0 Å². The second-order valence-corrected chi connectivity index (χ2v) is 5.21. The highest BCUT2D eigenvalue weighted by molar-refractivity contribution is 5.78. The van der Waals surface area contributed by atoms with Gasteiger partial charge in [0.25, 0.3) is 5.91 Å². The largest absolute Gasteiger partial charge is 0.484 e. The van der Waals surface area contributed by atoms with Gasteiger partial charge in [0, 0.05) is 0 Å². The molecular weight excluding hydrogens is 256 g/mol. The zero-order valence-electron chi connectivity index (χ0n) is 11.0. The van der Waals surface area contributed by atoms with E-state index in [-0.39, 0.29) is 24.7 Å². The van der Waals surface area contributed by atoms with Crippen molar-refractivity contribution in [2.24, 2.45) is 0 Å². The van der Waals surface area contributed by atoms with Gasteiger partial charge >= 0.3 is 0 Å². The van der Waals surface area contributed by atoms with E-state index in [1.54, 1.807) is 24.3 Å². The van der Waals surface area contributed by atoms with E-state index in [2.05, 4.69) is 5.32 Å². The van der Waals surface area contributed by atoms with E-state index in [1.807, 2.05) is 6.07 Å². The van der Waals surface area contributed by atoms with Crippen molar-refractivity contribution >= 4 is 5.91 Å². The van der Waals surface area contributed by atoms with Gasteiger partial charge in [0.2, 0.25) is 0 Å². The van der Waals surface area contributed by atoms with Crippen LogP contribution in [-0.4, -0.2) is 30.8 Å². The number of nitrogens with one attached hydrogen (secondary N) is 1. The number of amides is 1. The fraction of sp³-hybridized carbons (Fsp3) is 0.467. The van der Waals surface area contributed by atoms with E-state index < -0.39 is 0 Å². The van der Waals surface area contributed by atoms with Crippen molar-refractivity contribution in [1.82, 2.24) is 5.32 Å². The Balaban J connectivity index is 1.46. The second-order valence-electron chi connectivity index (χ2n) is 5.21. The summed E-state index contributed by atoms with van der Waals surface area (Å²) in [5, 5.41) is 11.7. The van der Waals surface area contributed by atoms with Crippen LogP contribution in [0.5, 0.6) is 5.75 Å². The van der Waals surface area contributed by atoms with Gasteiger partial charge in [-0.3, -0.25) is 4.79 Å². The molecule has 0 saturated carbocycles. The van der Waals surface area contributed by atoms with E-state index in [1.165, 1.54) is 0 Å². The molecule has 5 nitrogen and oxygen atoms in total. The molecule has 1 N–H and O–H groups in total. The van der Waals surface area contributed by atoms with Crippen LogP contribution < -0.4 is 10.1 Å². The average molecular weight is 272 g/mol. The standard InChI is InChI=1S/C15H16N2O3/c16-8-10-1-3-11(4-2-10)19-9-15(18)17-13-7-12-5-6-14(13)20-12/h1-4,12-14H,5-7,9H2,(H,17,18). The first-order chi connectivity index (χ1) is 9.74. The predicted molar refractivity (Wildman–Crippen MR) is 71.1 cm³/mol. The number of rotatable bonds is 4. The molecule has 0 spiro atoms. The molecule has 3 atom stereocenters. The number of hydrogen-bond acceptors (Lipinski definition) is 4. The molecule has 2 heterocycles. The molecular formula is C15H16N2O3. The quantitative estimate of drug-likeness (QED) is 0.898. The lowest BCUT2D eigenvalue weighted by molar-refractivity contribution is -0.124. The number of ether oxygens (including phenoxy) is 2. The van der Waals surface area contributed by atoms with Gasteiger partial charge in [-0.1, -0.05) is 0 Å². The van der Waals surface area contributed by atoms with Gasteiger partial charge in [-0.2, -0.15) is 5.26 Å². The number of fused-ring (bicyclic) bond motifs is 2. The molecule has 0 radical (unpaired) electrons. The molecule has 1 aromatic carbocycles. The Morgan fingerprint density at radius 3 is 2.80 bits per heavy atom. The minimum atomic E-state index is -0.129. The van der Waals surface area contributed by atoms with Crippen molar-refractivity contribution in [2.45, 2.75) is 37.5 Å². The SMILES string of the molecule is N#Cc1ccc(OCC(=O)NC2CC3CCC2O3)cc1. The van der Waals surface area contributed by atoms with Crippen molar-refractivity contribution in [3.05, 3.63) is 29.8 Å². The van der Waals surface area contributed by atoms with Gasteiger partial charge in [0.1, 0.15) is 5.75 Å². The summed E-state index contributed by atoms with van der Waals surface area (Å²) >= 11 is 0. The Bertz CT molecular complexity index is 535. The summed E-state index contributed by atoms with van der Waals surface area (Å²) in [7, 11) is 0. The van der Waals surface area contributed by atoms with Gasteiger partial charge in [-0.25, -0.2) is 0 Å². The molecule has 2 saturated heterocycles. The third-order valence-corrected chi connectivity index (χ3v) is 3.81. The maximum atomic E-state index is 11.8. The van der Waals surface area contributed by atoms with Crippen LogP contribution in [-0.2, 0) is 9.53 Å². The van der Waals surface area contributed by atoms with Crippen LogP contribution >= 0.6 is 0 Å². The molecule has 2 bridgehead atoms. The lowest BCUT2D eigenvalue weighted by Gasteiger charge is -2.20. The highest BCUT2D eigenvalue weighted by Crippen LogP contribution is 2.34. The highest BCUT2D eigenvalue weighted by atomic mass is 16.5. The highest BCUT2D eigenvalue weighted by Gasteiger charge is 2.41. The minimum Gasteiger partial charge on any atom is -0.484 e. The monoisotopic (exact) mass is 272 g/mol. The van der Waals surface area contributed by atoms with E-state index in [0.29, 0.717) is 17.4 Å². The van der Waals surface area contributed by atoms with Gasteiger partial charge in [-0.05, 0) is 43.5 Å². The zero-order chi connectivity index (χ0) is 13.9. The maximum absolute atomic E-state index is 11.8. The maximum Gasteiger partial charge on any atom is 0.258 e. The summed E-state index contributed by atoms with van der Waals surface area (Å²) in [6.45, 7) is -0.0141. The van der Waals surface area contributed by atoms with Crippen molar-refractivity contribution in [1.29, 1.82) is 5.26 Å². The Labute approximate surface area is 117 Å². The third kappa shape index (κ3) is 2.75. The van der Waals surface area contributed by atoms with Crippen molar-refractivity contribution in [2.75, 3.05) is 6.61 Å². The molecule has 104 valence electrons. The second kappa shape index (κ2) is 5.51. The number of nitrogens with zero attached hydrogens (tertiary/aromatic N) is 1. The van der Waals surface area contributed by atoms with Gasteiger partial charge in [0.05, 0.1) is 29.9 Å². The molecule has 20 heavy (non-hydrogen) atoms. The minimum absolute atomic E-state index is 0.0141. The van der Waals surface area contributed by atoms with E-state index >= 15 is 0 Å². The summed E-state index contributed by atoms with van der Waals surface area (Å²) < 4.78 is 11.1. The van der Waals surface area contributed by atoms with Crippen LogP contribution in [0.4, 0.5) is 0 Å². The predicted octanol–water partition coefficient (Wildman–Crippen LogP) is 1.37. The van der Waals surface area contributed by atoms with Gasteiger partial charge in [0.15, 0.2) is 6.61 Å². The third-order valence-electron chi connectivity index (χ3n) is 3.81. The fourth-order valence-corrected chi connectivity index (χ4v) is 2.81. The van der Waals surface area contributed by atoms with E-state index in [9.17, 15) is 4.79 Å². The Morgan fingerprint density at radius 1 is 1.40 bits per heavy atom. The smallest absolute Gasteiger partial charge is 0.258 e. The molecule has 5 heteroatoms. The van der Waals surface area contributed by atoms with Crippen LogP contribution in [0.1, 0.15) is 24.8 Å². The van der Waals surface area contributed by atoms with E-state index in [0.717, 1.165) is 19.3 Å². The fourth-order valence-electron chi connectivity index (χ4n) is 2.81. The number of nitriles is 1. The summed E-state index contributed by atoms with van der Waals surface area (Å²) in [4.78, 5) is 11.8. The number of hydrogen-bond donors (Lipinski definition) is 1. The van der Waals surface area contributed by atoms with Gasteiger partial charge < -0.3 is 14.8 Å². The molecule has 1 aromatic rings. The molecule has 2 aliphatic rings. The first-order valence-electron chi connectivity index (χ1n) is 6.82. The van der Waals surface area contributed by atoms with Crippen LogP contribution in [0.15, 0.2) is 24.3 Å². The zero-order valence-corrected chi connectivity index (χ0v) is 11.0. The van der Waals surface area contributed by atoms with Crippen molar-refractivity contribution in [3.63, 3.8) is 0 Å². The van der Waals surface area contributed by atoms with Gasteiger partial charge in [-0.15, -0.1) is 0 Å². The van der Waals surface area contributed by atoms with Crippen LogP contribution in [0.25, 0.3) is 0 Å². The lowest BCUT2D eigenvalue weighted by atomic mass is 9.95. The number of carbonyl (C=O) groups excluding carboxylic acids is 1. The molecule has 3 unspecified atom stereocenters. The summed E-state index contributed by atoms with van der Waals surface area (Å²) in [5.74, 6) is 0.457. The molecule has 3 rings (SSSR count). The first kappa shape index (κ1) is 12.9. The van der Waals surface area contributed by atoms with E-state index in [4.69, 9.17) is 14.7 Å². The van der Waals surface area contributed by atoms with Crippen molar-refractivity contribution in [3.8, 4) is 11.8 Å². The lowest BCUT2D eigenvalue weighted by Crippen LogP contribution is -2.43. The molecule has 0 aliphatic carbocycles. The summed E-state index contributed by atoms with van der Waals surface area (Å²) in [6.07, 6.45) is 3.56. The first-order valence-corrected chi connectivity index (χ1v) is 6.82. The topological polar surface area (TPSA) is 71.3 Å². The van der Waals surface area contributed by atoms with Crippen LogP contribution in [0.2, 0.25) is 0 Å². The number of benzene rings is 1. The number of carbonyl (C=O) groups is 1. The van der Waals surface area contributed by atoms with Crippen LogP contribution in [0, 0.1) is 11.3 Å². The molecule has 2 fully saturated rings. The molecule has 2 aliphatic heterocycles. The Morgan fingerprint density at radius 2 is 2.20 bits per heavy atom.